The van der Waals surface area contributed by atoms with E-state index in [1.807, 2.05) is 13.8 Å². The number of amides is 1. The van der Waals surface area contributed by atoms with Crippen LogP contribution in [0.4, 0.5) is 0 Å². The molecule has 1 atom stereocenters. The smallest absolute Gasteiger partial charge is 0.276 e. The number of hydrogen-bond acceptors (Lipinski definition) is 6. The van der Waals surface area contributed by atoms with E-state index in [1.54, 1.807) is 22.7 Å². The monoisotopic (exact) mass is 336 g/mol. The summed E-state index contributed by atoms with van der Waals surface area (Å²) in [5.41, 5.74) is -0.870. The third-order valence-corrected chi connectivity index (χ3v) is 5.44. The largest absolute Gasteiger partial charge is 0.388 e. The highest BCUT2D eigenvalue weighted by Crippen LogP contribution is 2.38. The van der Waals surface area contributed by atoms with Gasteiger partial charge in [0.15, 0.2) is 5.69 Å². The summed E-state index contributed by atoms with van der Waals surface area (Å²) in [6.07, 6.45) is 1.71. The summed E-state index contributed by atoms with van der Waals surface area (Å²) >= 11 is 0. The number of aliphatic hydroxyl groups is 1. The first-order valence-corrected chi connectivity index (χ1v) is 8.63. The van der Waals surface area contributed by atoms with E-state index in [-0.39, 0.29) is 11.3 Å². The zero-order valence-corrected chi connectivity index (χ0v) is 14.8. The topological polar surface area (TPSA) is 86.5 Å². The minimum atomic E-state index is -0.888. The number of nitrogens with one attached hydrogen (secondary N) is 1. The lowest BCUT2D eigenvalue weighted by atomic mass is 9.79. The molecule has 1 unspecified atom stereocenters. The molecule has 134 valence electrons. The molecule has 8 heteroatoms. The Morgan fingerprint density at radius 1 is 1.25 bits per heavy atom. The van der Waals surface area contributed by atoms with Gasteiger partial charge >= 0.3 is 0 Å². The van der Waals surface area contributed by atoms with E-state index in [1.165, 1.54) is 0 Å². The predicted molar refractivity (Wildman–Crippen MR) is 89.6 cm³/mol. The maximum absolute atomic E-state index is 12.6. The van der Waals surface area contributed by atoms with Crippen LogP contribution in [0.2, 0.25) is 0 Å². The fourth-order valence-corrected chi connectivity index (χ4v) is 3.28. The summed E-state index contributed by atoms with van der Waals surface area (Å²) in [5, 5.41) is 21.9. The van der Waals surface area contributed by atoms with Crippen LogP contribution in [0.15, 0.2) is 6.20 Å². The van der Waals surface area contributed by atoms with Gasteiger partial charge < -0.3 is 15.3 Å². The highest BCUT2D eigenvalue weighted by molar-refractivity contribution is 5.92. The van der Waals surface area contributed by atoms with Crippen molar-refractivity contribution in [1.29, 1.82) is 0 Å². The number of β-amino-alcohol motifs (C(OH)–C–C–N with tert-alkyl or cyclic N) is 1. The van der Waals surface area contributed by atoms with Gasteiger partial charge in [-0.3, -0.25) is 14.4 Å². The molecule has 0 spiro atoms. The molecule has 0 aliphatic carbocycles. The van der Waals surface area contributed by atoms with Gasteiger partial charge in [0.05, 0.1) is 24.9 Å². The van der Waals surface area contributed by atoms with Crippen molar-refractivity contribution in [2.45, 2.75) is 32.9 Å². The zero-order valence-electron chi connectivity index (χ0n) is 14.8. The number of rotatable bonds is 4. The third-order valence-electron chi connectivity index (χ3n) is 5.44. The molecule has 1 aromatic heterocycles. The molecule has 0 saturated carbocycles. The first-order chi connectivity index (χ1) is 11.3. The fraction of sp³-hybridized carbons (Fsp3) is 0.812. The van der Waals surface area contributed by atoms with Gasteiger partial charge in [0, 0.05) is 44.7 Å². The van der Waals surface area contributed by atoms with Crippen LogP contribution in [0, 0.1) is 5.41 Å². The number of carbonyl (C=O) groups excluding carboxylic acids is 1. The lowest BCUT2D eigenvalue weighted by molar-refractivity contribution is -0.0108. The van der Waals surface area contributed by atoms with Gasteiger partial charge in [-0.25, -0.2) is 0 Å². The standard InChI is InChI=1S/C16H28N6O2/c1-15(2)11-21(12-16(15,3)24)14(23)13-10-22(19-18-13)9-8-20-6-4-17-5-7-20/h10,17,24H,4-9,11-12H2,1-3H3. The molecule has 8 nitrogen and oxygen atoms in total. The van der Waals surface area contributed by atoms with Crippen molar-refractivity contribution in [3.8, 4) is 0 Å². The van der Waals surface area contributed by atoms with E-state index in [0.29, 0.717) is 18.8 Å². The van der Waals surface area contributed by atoms with Crippen molar-refractivity contribution >= 4 is 5.91 Å². The van der Waals surface area contributed by atoms with E-state index in [0.717, 1.165) is 39.3 Å². The number of hydrogen-bond donors (Lipinski definition) is 2. The molecule has 1 aromatic rings. The quantitative estimate of drug-likeness (QED) is 0.765. The van der Waals surface area contributed by atoms with Gasteiger partial charge in [-0.2, -0.15) is 0 Å². The van der Waals surface area contributed by atoms with Crippen LogP contribution >= 0.6 is 0 Å². The molecule has 2 fully saturated rings. The molecule has 1 amide bonds. The maximum atomic E-state index is 12.6. The number of carbonyl (C=O) groups is 1. The predicted octanol–water partition coefficient (Wildman–Crippen LogP) is -0.584. The fourth-order valence-electron chi connectivity index (χ4n) is 3.28. The molecular weight excluding hydrogens is 308 g/mol. The van der Waals surface area contributed by atoms with E-state index in [9.17, 15) is 9.90 Å². The zero-order chi connectivity index (χ0) is 17.4. The van der Waals surface area contributed by atoms with Crippen LogP contribution in [-0.2, 0) is 6.54 Å². The first-order valence-electron chi connectivity index (χ1n) is 8.63. The molecule has 2 saturated heterocycles. The third kappa shape index (κ3) is 3.45. The Hall–Kier alpha value is -1.51. The van der Waals surface area contributed by atoms with E-state index < -0.39 is 5.60 Å². The van der Waals surface area contributed by atoms with Crippen LogP contribution in [0.25, 0.3) is 0 Å². The Morgan fingerprint density at radius 3 is 2.58 bits per heavy atom. The Balaban J connectivity index is 1.58. The molecule has 2 aliphatic rings. The van der Waals surface area contributed by atoms with E-state index in [4.69, 9.17) is 0 Å². The molecule has 0 radical (unpaired) electrons. The molecule has 3 heterocycles. The molecule has 2 aliphatic heterocycles. The number of likely N-dealkylation sites (tertiary alicyclic amines) is 1. The molecule has 2 N–H and O–H groups in total. The van der Waals surface area contributed by atoms with Gasteiger partial charge in [-0.05, 0) is 6.92 Å². The Kier molecular flexibility index (Phi) is 4.63. The average Bonchev–Trinajstić information content (AvgIpc) is 3.08. The summed E-state index contributed by atoms with van der Waals surface area (Å²) < 4.78 is 1.73. The molecular formula is C16H28N6O2. The van der Waals surface area contributed by atoms with Crippen LogP contribution in [-0.4, -0.2) is 87.2 Å². The first kappa shape index (κ1) is 17.3. The van der Waals surface area contributed by atoms with Gasteiger partial charge in [-0.1, -0.05) is 19.1 Å². The van der Waals surface area contributed by atoms with Gasteiger partial charge in [-0.15, -0.1) is 5.10 Å². The molecule has 24 heavy (non-hydrogen) atoms. The van der Waals surface area contributed by atoms with Crippen LogP contribution in [0.5, 0.6) is 0 Å². The summed E-state index contributed by atoms with van der Waals surface area (Å²) in [5.74, 6) is -0.158. The minimum Gasteiger partial charge on any atom is -0.388 e. The Morgan fingerprint density at radius 2 is 1.96 bits per heavy atom. The normalized spacial score (nSPS) is 27.6. The second kappa shape index (κ2) is 6.42. The Labute approximate surface area is 142 Å². The van der Waals surface area contributed by atoms with Crippen molar-refractivity contribution in [3.63, 3.8) is 0 Å². The maximum Gasteiger partial charge on any atom is 0.276 e. The summed E-state index contributed by atoms with van der Waals surface area (Å²) in [7, 11) is 0. The lowest BCUT2D eigenvalue weighted by Gasteiger charge is -2.30. The van der Waals surface area contributed by atoms with Crippen LogP contribution < -0.4 is 5.32 Å². The van der Waals surface area contributed by atoms with Crippen molar-refractivity contribution < 1.29 is 9.90 Å². The van der Waals surface area contributed by atoms with Gasteiger partial charge in [0.1, 0.15) is 0 Å². The van der Waals surface area contributed by atoms with Crippen molar-refractivity contribution in [2.75, 3.05) is 45.8 Å². The van der Waals surface area contributed by atoms with Crippen molar-refractivity contribution in [3.05, 3.63) is 11.9 Å². The Bertz CT molecular complexity index is 575. The molecule has 0 aromatic carbocycles. The number of piperazine rings is 1. The molecule has 3 rings (SSSR count). The van der Waals surface area contributed by atoms with E-state index in [2.05, 4.69) is 20.5 Å². The van der Waals surface area contributed by atoms with Crippen molar-refractivity contribution in [1.82, 2.24) is 30.1 Å². The summed E-state index contributed by atoms with van der Waals surface area (Å²) in [4.78, 5) is 16.7. The van der Waals surface area contributed by atoms with Gasteiger partial charge in [0.25, 0.3) is 5.91 Å². The average molecular weight is 336 g/mol. The molecule has 0 bridgehead atoms. The minimum absolute atomic E-state index is 0.158. The lowest BCUT2D eigenvalue weighted by Crippen LogP contribution is -2.44. The highest BCUT2D eigenvalue weighted by Gasteiger charge is 2.49. The second-order valence-corrected chi connectivity index (χ2v) is 7.78. The SMILES string of the molecule is CC1(C)CN(C(=O)c2cn(CCN3CCNCC3)nn2)CC1(C)O. The van der Waals surface area contributed by atoms with Crippen LogP contribution in [0.1, 0.15) is 31.3 Å². The second-order valence-electron chi connectivity index (χ2n) is 7.78. The summed E-state index contributed by atoms with van der Waals surface area (Å²) in [6, 6.07) is 0. The van der Waals surface area contributed by atoms with Crippen LogP contribution in [0.3, 0.4) is 0 Å². The van der Waals surface area contributed by atoms with Gasteiger partial charge in [0.2, 0.25) is 0 Å². The van der Waals surface area contributed by atoms with E-state index >= 15 is 0 Å². The van der Waals surface area contributed by atoms with Crippen molar-refractivity contribution in [2.24, 2.45) is 5.41 Å². The highest BCUT2D eigenvalue weighted by atomic mass is 16.3. The number of aromatic nitrogens is 3. The summed E-state index contributed by atoms with van der Waals surface area (Å²) in [6.45, 7) is 12.3. The number of nitrogens with zero attached hydrogens (tertiary/aromatic N) is 5.